The highest BCUT2D eigenvalue weighted by molar-refractivity contribution is 7.80. The lowest BCUT2D eigenvalue weighted by Crippen LogP contribution is -2.67. The number of thiocarbonyl (C=S) groups is 1. The topological polar surface area (TPSA) is 75.1 Å². The van der Waals surface area contributed by atoms with Gasteiger partial charge < -0.3 is 14.2 Å². The molecule has 0 aliphatic carbocycles. The van der Waals surface area contributed by atoms with Gasteiger partial charge in [0.05, 0.1) is 6.61 Å². The quantitative estimate of drug-likeness (QED) is 0.440. The van der Waals surface area contributed by atoms with Gasteiger partial charge in [-0.1, -0.05) is 24.3 Å². The van der Waals surface area contributed by atoms with Crippen molar-refractivity contribution in [2.24, 2.45) is 11.3 Å². The molecule has 0 saturated carbocycles. The predicted molar refractivity (Wildman–Crippen MR) is 140 cm³/mol. The number of nitrogens with zero attached hydrogens (tertiary/aromatic N) is 4. The lowest BCUT2D eigenvalue weighted by Gasteiger charge is -2.48. The molecule has 3 aliphatic heterocycles. The van der Waals surface area contributed by atoms with Crippen molar-refractivity contribution in [2.75, 3.05) is 40.3 Å². The highest BCUT2D eigenvalue weighted by Crippen LogP contribution is 2.40. The molecule has 0 spiro atoms. The number of likely N-dealkylation sites (tertiary alicyclic amines) is 1. The van der Waals surface area contributed by atoms with Crippen LogP contribution in [0.25, 0.3) is 0 Å². The molecule has 0 N–H and O–H groups in total. The maximum Gasteiger partial charge on any atom is 0.250 e. The number of piperidine rings is 1. The van der Waals surface area contributed by atoms with Crippen LogP contribution in [0.3, 0.4) is 0 Å². The Morgan fingerprint density at radius 1 is 0.972 bits per heavy atom. The van der Waals surface area contributed by atoms with Crippen LogP contribution in [0.15, 0.2) is 47.3 Å². The summed E-state index contributed by atoms with van der Waals surface area (Å²) in [5.74, 6) is 0.588. The van der Waals surface area contributed by atoms with Gasteiger partial charge in [0.15, 0.2) is 5.11 Å². The summed E-state index contributed by atoms with van der Waals surface area (Å²) in [4.78, 5) is 45.4. The van der Waals surface area contributed by atoms with Gasteiger partial charge in [-0.05, 0) is 49.2 Å². The summed E-state index contributed by atoms with van der Waals surface area (Å²) in [6, 6.07) is 13.1. The highest BCUT2D eigenvalue weighted by atomic mass is 32.1. The van der Waals surface area contributed by atoms with E-state index in [1.807, 2.05) is 47.9 Å². The zero-order valence-corrected chi connectivity index (χ0v) is 21.8. The number of hydrogen-bond acceptors (Lipinski definition) is 6. The average molecular weight is 509 g/mol. The van der Waals surface area contributed by atoms with Gasteiger partial charge in [-0.2, -0.15) is 0 Å². The summed E-state index contributed by atoms with van der Waals surface area (Å²) in [7, 11) is 3.29. The van der Waals surface area contributed by atoms with Crippen molar-refractivity contribution in [3.63, 3.8) is 0 Å². The number of fused-ring (bicyclic) bond motifs is 4. The van der Waals surface area contributed by atoms with Crippen LogP contribution in [0.5, 0.6) is 5.75 Å². The molecular weight excluding hydrogens is 476 g/mol. The Morgan fingerprint density at radius 3 is 2.42 bits per heavy atom. The van der Waals surface area contributed by atoms with Crippen LogP contribution in [0.1, 0.15) is 30.5 Å². The molecule has 2 bridgehead atoms. The Kier molecular flexibility index (Phi) is 6.46. The van der Waals surface area contributed by atoms with Crippen molar-refractivity contribution in [1.82, 2.24) is 19.3 Å². The molecule has 9 heteroatoms. The van der Waals surface area contributed by atoms with E-state index in [4.69, 9.17) is 17.0 Å². The highest BCUT2D eigenvalue weighted by Gasteiger charge is 2.55. The van der Waals surface area contributed by atoms with Crippen LogP contribution in [0.4, 0.5) is 0 Å². The first-order valence-corrected chi connectivity index (χ1v) is 12.9. The Bertz CT molecular complexity index is 1250. The van der Waals surface area contributed by atoms with Crippen molar-refractivity contribution >= 4 is 29.1 Å². The number of amides is 2. The minimum absolute atomic E-state index is 0.0362. The first-order chi connectivity index (χ1) is 17.2. The van der Waals surface area contributed by atoms with Gasteiger partial charge in [0.1, 0.15) is 11.2 Å². The largest absolute Gasteiger partial charge is 0.494 e. The monoisotopic (exact) mass is 508 g/mol. The second kappa shape index (κ2) is 9.44. The van der Waals surface area contributed by atoms with Gasteiger partial charge in [-0.15, -0.1) is 0 Å². The number of carbonyl (C=O) groups excluding carboxylic acids is 2. The number of hydrogen-bond donors (Lipinski definition) is 0. The first-order valence-electron chi connectivity index (χ1n) is 12.5. The summed E-state index contributed by atoms with van der Waals surface area (Å²) < 4.78 is 7.74. The molecule has 0 radical (unpaired) electrons. The lowest BCUT2D eigenvalue weighted by atomic mass is 9.75. The SMILES string of the molecule is CCOc1ccccc1CC1(CN2C[C@@H]3C[C@H](C2)c2cccc(=O)n2C3)C(=O)N(C)C(=S)N(C)C1=O. The molecule has 8 nitrogen and oxygen atoms in total. The molecule has 2 amide bonds. The summed E-state index contributed by atoms with van der Waals surface area (Å²) in [5, 5.41) is 0.211. The number of para-hydroxylation sites is 1. The van der Waals surface area contributed by atoms with Gasteiger partial charge in [-0.25, -0.2) is 0 Å². The number of rotatable bonds is 6. The zero-order valence-electron chi connectivity index (χ0n) is 21.0. The van der Waals surface area contributed by atoms with Crippen LogP contribution in [-0.4, -0.2) is 76.5 Å². The van der Waals surface area contributed by atoms with Crippen molar-refractivity contribution in [2.45, 2.75) is 32.2 Å². The summed E-state index contributed by atoms with van der Waals surface area (Å²) in [6.07, 6.45) is 1.23. The molecule has 5 rings (SSSR count). The van der Waals surface area contributed by atoms with Crippen LogP contribution < -0.4 is 10.3 Å². The maximum absolute atomic E-state index is 13.9. The van der Waals surface area contributed by atoms with Gasteiger partial charge in [-0.3, -0.25) is 24.2 Å². The Labute approximate surface area is 216 Å². The third-order valence-corrected chi connectivity index (χ3v) is 8.36. The molecule has 2 aromatic rings. The summed E-state index contributed by atoms with van der Waals surface area (Å²) in [6.45, 7) is 4.77. The van der Waals surface area contributed by atoms with Crippen molar-refractivity contribution in [3.8, 4) is 5.75 Å². The summed E-state index contributed by atoms with van der Waals surface area (Å²) in [5.41, 5.74) is 0.566. The van der Waals surface area contributed by atoms with Crippen molar-refractivity contribution < 1.29 is 14.3 Å². The molecule has 1 aromatic heterocycles. The Balaban J connectivity index is 1.52. The van der Waals surface area contributed by atoms with E-state index in [0.717, 1.165) is 24.2 Å². The van der Waals surface area contributed by atoms with E-state index >= 15 is 0 Å². The fraction of sp³-hybridized carbons (Fsp3) is 0.481. The molecule has 1 aromatic carbocycles. The molecular formula is C27H32N4O4S. The molecule has 190 valence electrons. The van der Waals surface area contributed by atoms with Crippen LogP contribution in [0, 0.1) is 11.3 Å². The van der Waals surface area contributed by atoms with E-state index in [2.05, 4.69) is 4.90 Å². The smallest absolute Gasteiger partial charge is 0.250 e. The number of carbonyl (C=O) groups is 2. The molecule has 3 aliphatic rings. The van der Waals surface area contributed by atoms with Gasteiger partial charge >= 0.3 is 0 Å². The maximum atomic E-state index is 13.9. The molecule has 4 heterocycles. The standard InChI is InChI=1S/C27H32N4O4S/c1-4-35-22-10-6-5-8-19(22)13-27(24(33)28(2)26(36)29(3)25(27)34)17-30-14-18-12-20(16-30)21-9-7-11-23(32)31(21)15-18/h5-11,18,20H,4,12-17H2,1-3H3/t18-,20+/m0/s1. The number of pyridine rings is 1. The van der Waals surface area contributed by atoms with E-state index < -0.39 is 5.41 Å². The second-order valence-electron chi connectivity index (χ2n) is 10.2. The number of benzene rings is 1. The van der Waals surface area contributed by atoms with Gasteiger partial charge in [0.2, 0.25) is 11.8 Å². The second-order valence-corrected chi connectivity index (χ2v) is 10.6. The van der Waals surface area contributed by atoms with Gasteiger partial charge in [0, 0.05) is 64.4 Å². The number of aromatic nitrogens is 1. The zero-order chi connectivity index (χ0) is 25.6. The lowest BCUT2D eigenvalue weighted by molar-refractivity contribution is -0.157. The third-order valence-electron chi connectivity index (χ3n) is 7.82. The van der Waals surface area contributed by atoms with E-state index in [0.29, 0.717) is 25.4 Å². The number of ether oxygens (including phenoxy) is 1. The average Bonchev–Trinajstić information content (AvgIpc) is 2.87. The fourth-order valence-corrected chi connectivity index (χ4v) is 6.42. The minimum atomic E-state index is -1.33. The Hall–Kier alpha value is -3.04. The molecule has 0 unspecified atom stereocenters. The third kappa shape index (κ3) is 4.04. The van der Waals surface area contributed by atoms with Crippen LogP contribution >= 0.6 is 12.2 Å². The van der Waals surface area contributed by atoms with Crippen LogP contribution in [-0.2, 0) is 22.6 Å². The summed E-state index contributed by atoms with van der Waals surface area (Å²) >= 11 is 5.40. The van der Waals surface area contributed by atoms with Crippen molar-refractivity contribution in [1.29, 1.82) is 0 Å². The van der Waals surface area contributed by atoms with Crippen molar-refractivity contribution in [3.05, 3.63) is 64.1 Å². The van der Waals surface area contributed by atoms with E-state index in [1.54, 1.807) is 20.2 Å². The molecule has 2 fully saturated rings. The first kappa shape index (κ1) is 24.6. The molecule has 2 atom stereocenters. The van der Waals surface area contributed by atoms with E-state index in [9.17, 15) is 14.4 Å². The van der Waals surface area contributed by atoms with Crippen LogP contribution in [0.2, 0.25) is 0 Å². The molecule has 2 saturated heterocycles. The van der Waals surface area contributed by atoms with E-state index in [1.165, 1.54) is 9.80 Å². The minimum Gasteiger partial charge on any atom is -0.494 e. The fourth-order valence-electron chi connectivity index (χ4n) is 6.25. The van der Waals surface area contributed by atoms with Gasteiger partial charge in [0.25, 0.3) is 5.56 Å². The Morgan fingerprint density at radius 2 is 1.69 bits per heavy atom. The molecule has 36 heavy (non-hydrogen) atoms. The normalized spacial score (nSPS) is 23.6. The predicted octanol–water partition coefficient (Wildman–Crippen LogP) is 2.11. The van der Waals surface area contributed by atoms with E-state index in [-0.39, 0.29) is 47.3 Å².